The number of nitrogens with one attached hydrogen (secondary N) is 1. The van der Waals surface area contributed by atoms with Crippen molar-refractivity contribution in [1.29, 1.82) is 0 Å². The number of Topliss-reactive ketones (excluding diaryl/α,β-unsaturated/α-hetero) is 1. The van der Waals surface area contributed by atoms with Crippen LogP contribution in [0.25, 0.3) is 0 Å². The van der Waals surface area contributed by atoms with Crippen molar-refractivity contribution in [3.63, 3.8) is 0 Å². The summed E-state index contributed by atoms with van der Waals surface area (Å²) in [6.07, 6.45) is 4.95. The molecule has 0 saturated carbocycles. The van der Waals surface area contributed by atoms with Crippen LogP contribution in [-0.4, -0.2) is 71.6 Å². The van der Waals surface area contributed by atoms with Gasteiger partial charge in [-0.3, -0.25) is 14.7 Å². The summed E-state index contributed by atoms with van der Waals surface area (Å²) >= 11 is 0. The van der Waals surface area contributed by atoms with E-state index in [1.54, 1.807) is 12.4 Å². The maximum atomic E-state index is 12.6. The van der Waals surface area contributed by atoms with Gasteiger partial charge < -0.3 is 15.3 Å². The molecule has 2 aliphatic rings. The minimum atomic E-state index is -1.40. The van der Waals surface area contributed by atoms with Crippen LogP contribution in [0.3, 0.4) is 0 Å². The number of hydrogen-bond donors (Lipinski definition) is 2. The Bertz CT molecular complexity index is 594. The zero-order valence-electron chi connectivity index (χ0n) is 14.6. The van der Waals surface area contributed by atoms with E-state index in [1.807, 2.05) is 17.0 Å². The van der Waals surface area contributed by atoms with Crippen molar-refractivity contribution in [3.05, 3.63) is 24.5 Å². The lowest BCUT2D eigenvalue weighted by Crippen LogP contribution is -2.68. The van der Waals surface area contributed by atoms with Crippen LogP contribution in [0, 0.1) is 5.92 Å². The fraction of sp³-hybridized carbons (Fsp3) is 0.611. The molecule has 0 radical (unpaired) electrons. The van der Waals surface area contributed by atoms with Gasteiger partial charge >= 0.3 is 5.97 Å². The molecule has 1 aromatic heterocycles. The molecule has 3 heterocycles. The molecule has 2 aliphatic heterocycles. The normalized spacial score (nSPS) is 22.4. The van der Waals surface area contributed by atoms with Crippen molar-refractivity contribution in [3.8, 4) is 0 Å². The number of carbonyl (C=O) groups is 2. The van der Waals surface area contributed by atoms with Gasteiger partial charge in [0.15, 0.2) is 11.3 Å². The third kappa shape index (κ3) is 3.26. The molecule has 0 amide bonds. The molecular weight excluding hydrogens is 320 g/mol. The summed E-state index contributed by atoms with van der Waals surface area (Å²) < 4.78 is 0. The Balaban J connectivity index is 1.81. The first-order chi connectivity index (χ1) is 12.1. The number of carboxylic acid groups (broad SMARTS) is 1. The summed E-state index contributed by atoms with van der Waals surface area (Å²) in [6.45, 7) is 5.52. The van der Waals surface area contributed by atoms with Crippen LogP contribution in [0.2, 0.25) is 0 Å². The van der Waals surface area contributed by atoms with Crippen LogP contribution >= 0.6 is 0 Å². The fourth-order valence-corrected chi connectivity index (χ4v) is 4.34. The van der Waals surface area contributed by atoms with Crippen molar-refractivity contribution in [2.24, 2.45) is 5.92 Å². The van der Waals surface area contributed by atoms with E-state index in [1.165, 1.54) is 6.92 Å². The summed E-state index contributed by atoms with van der Waals surface area (Å²) in [5.41, 5.74) is -0.313. The van der Waals surface area contributed by atoms with Gasteiger partial charge in [-0.15, -0.1) is 0 Å². The van der Waals surface area contributed by atoms with Gasteiger partial charge in [0.25, 0.3) is 0 Å². The molecule has 0 aromatic carbocycles. The van der Waals surface area contributed by atoms with Gasteiger partial charge in [0.1, 0.15) is 0 Å². The van der Waals surface area contributed by atoms with E-state index in [-0.39, 0.29) is 11.7 Å². The minimum absolute atomic E-state index is 0.142. The number of piperazine rings is 1. The minimum Gasteiger partial charge on any atom is -0.480 e. The van der Waals surface area contributed by atoms with Gasteiger partial charge in [-0.25, -0.2) is 4.79 Å². The number of pyridine rings is 1. The average Bonchev–Trinajstić information content (AvgIpc) is 2.64. The smallest absolute Gasteiger partial charge is 0.332 e. The number of anilines is 1. The van der Waals surface area contributed by atoms with Gasteiger partial charge in [-0.1, -0.05) is 0 Å². The lowest BCUT2D eigenvalue weighted by atomic mass is 9.74. The number of carbonyl (C=O) groups excluding carboxylic acids is 1. The maximum absolute atomic E-state index is 12.6. The number of carboxylic acids is 1. The van der Waals surface area contributed by atoms with Crippen molar-refractivity contribution < 1.29 is 14.7 Å². The van der Waals surface area contributed by atoms with Gasteiger partial charge in [0, 0.05) is 44.3 Å². The van der Waals surface area contributed by atoms with Gasteiger partial charge in [0.2, 0.25) is 0 Å². The summed E-state index contributed by atoms with van der Waals surface area (Å²) in [6, 6.07) is 3.91. The van der Waals surface area contributed by atoms with Crippen LogP contribution in [0.4, 0.5) is 5.69 Å². The van der Waals surface area contributed by atoms with Crippen LogP contribution in [0.5, 0.6) is 0 Å². The third-order valence-electron chi connectivity index (χ3n) is 5.60. The highest BCUT2D eigenvalue weighted by Gasteiger charge is 2.55. The van der Waals surface area contributed by atoms with E-state index in [9.17, 15) is 14.7 Å². The highest BCUT2D eigenvalue weighted by molar-refractivity contribution is 6.07. The summed E-state index contributed by atoms with van der Waals surface area (Å²) in [5.74, 6) is -1.38. The van der Waals surface area contributed by atoms with Crippen molar-refractivity contribution in [2.45, 2.75) is 25.3 Å². The molecule has 1 aromatic rings. The van der Waals surface area contributed by atoms with E-state index < -0.39 is 11.5 Å². The summed E-state index contributed by atoms with van der Waals surface area (Å²) in [7, 11) is 0. The number of aromatic nitrogens is 1. The Morgan fingerprint density at radius 2 is 1.76 bits per heavy atom. The van der Waals surface area contributed by atoms with Crippen LogP contribution in [0.15, 0.2) is 24.5 Å². The number of rotatable bonds is 5. The number of nitrogens with zero attached hydrogens (tertiary/aromatic N) is 3. The first-order valence-corrected chi connectivity index (χ1v) is 8.92. The number of hydrogen-bond acceptors (Lipinski definition) is 6. The Kier molecular flexibility index (Phi) is 5.34. The number of aliphatic carboxylic acids is 1. The van der Waals surface area contributed by atoms with E-state index in [2.05, 4.69) is 15.2 Å². The summed E-state index contributed by atoms with van der Waals surface area (Å²) in [5, 5.41) is 13.3. The van der Waals surface area contributed by atoms with Gasteiger partial charge in [0.05, 0.1) is 0 Å². The maximum Gasteiger partial charge on any atom is 0.332 e. The van der Waals surface area contributed by atoms with Crippen LogP contribution in [0.1, 0.15) is 19.8 Å². The van der Waals surface area contributed by atoms with E-state index in [0.717, 1.165) is 31.6 Å². The topological polar surface area (TPSA) is 85.8 Å². The molecule has 25 heavy (non-hydrogen) atoms. The van der Waals surface area contributed by atoms with Crippen molar-refractivity contribution in [2.75, 3.05) is 44.2 Å². The molecule has 2 fully saturated rings. The second-order valence-electron chi connectivity index (χ2n) is 6.83. The van der Waals surface area contributed by atoms with Gasteiger partial charge in [-0.2, -0.15) is 0 Å². The average molecular weight is 346 g/mol. The van der Waals surface area contributed by atoms with Gasteiger partial charge in [-0.05, 0) is 50.9 Å². The van der Waals surface area contributed by atoms with Crippen molar-refractivity contribution >= 4 is 17.4 Å². The molecule has 1 atom stereocenters. The molecule has 0 aliphatic carbocycles. The predicted molar refractivity (Wildman–Crippen MR) is 94.7 cm³/mol. The number of ketones is 1. The Labute approximate surface area is 148 Å². The first kappa shape index (κ1) is 17.8. The SMILES string of the molecule is CC(=O)C(C(=O)O)(C1CCNCC1)N1CCN(c2ccncc2)CC1. The lowest BCUT2D eigenvalue weighted by molar-refractivity contribution is -0.163. The Hall–Kier alpha value is -1.99. The lowest BCUT2D eigenvalue weighted by Gasteiger charge is -2.48. The molecule has 0 bridgehead atoms. The monoisotopic (exact) mass is 346 g/mol. The van der Waals surface area contributed by atoms with Crippen molar-refractivity contribution in [1.82, 2.24) is 15.2 Å². The standard InChI is InChI=1S/C18H26N4O3/c1-14(23)18(17(24)25,15-2-6-19-7-3-15)22-12-10-21(11-13-22)16-4-8-20-9-5-16/h4-5,8-9,15,19H,2-3,6-7,10-13H2,1H3,(H,24,25). The van der Waals surface area contributed by atoms with Crippen LogP contribution < -0.4 is 10.2 Å². The second kappa shape index (κ2) is 7.49. The molecule has 7 heteroatoms. The molecule has 136 valence electrons. The Morgan fingerprint density at radius 1 is 1.16 bits per heavy atom. The molecule has 3 rings (SSSR count). The summed E-state index contributed by atoms with van der Waals surface area (Å²) in [4.78, 5) is 33.1. The quantitative estimate of drug-likeness (QED) is 0.756. The zero-order chi connectivity index (χ0) is 17.9. The van der Waals surface area contributed by atoms with E-state index >= 15 is 0 Å². The molecule has 1 unspecified atom stereocenters. The largest absolute Gasteiger partial charge is 0.480 e. The molecule has 7 nitrogen and oxygen atoms in total. The predicted octanol–water partition coefficient (Wildman–Crippen LogP) is 0.616. The molecule has 0 spiro atoms. The highest BCUT2D eigenvalue weighted by atomic mass is 16.4. The molecule has 2 N–H and O–H groups in total. The highest BCUT2D eigenvalue weighted by Crippen LogP contribution is 2.34. The third-order valence-corrected chi connectivity index (χ3v) is 5.60. The van der Waals surface area contributed by atoms with Crippen LogP contribution in [-0.2, 0) is 9.59 Å². The number of piperidine rings is 1. The Morgan fingerprint density at radius 3 is 2.28 bits per heavy atom. The second-order valence-corrected chi connectivity index (χ2v) is 6.83. The van der Waals surface area contributed by atoms with E-state index in [0.29, 0.717) is 26.2 Å². The molecular formula is C18H26N4O3. The van der Waals surface area contributed by atoms with E-state index in [4.69, 9.17) is 0 Å². The zero-order valence-corrected chi connectivity index (χ0v) is 14.6. The molecule has 2 saturated heterocycles. The fourth-order valence-electron chi connectivity index (χ4n) is 4.34. The first-order valence-electron chi connectivity index (χ1n) is 8.92.